The number of fused-ring (bicyclic) bond motifs is 2. The Bertz CT molecular complexity index is 1680. The average Bonchev–Trinajstić information content (AvgIpc) is 3.44. The lowest BCUT2D eigenvalue weighted by atomic mass is 10.2. The van der Waals surface area contributed by atoms with Crippen LogP contribution in [0.5, 0.6) is 0 Å². The first-order chi connectivity index (χ1) is 16.7. The molecular formula is C23H16F3N5O4. The fraction of sp³-hybridized carbons (Fsp3) is 0.130. The number of hydrogen-bond donors (Lipinski definition) is 2. The lowest BCUT2D eigenvalue weighted by molar-refractivity contribution is -0.137. The summed E-state index contributed by atoms with van der Waals surface area (Å²) in [6.07, 6.45) is -3.11. The minimum Gasteiger partial charge on any atom is -0.467 e. The van der Waals surface area contributed by atoms with E-state index in [1.807, 2.05) is 0 Å². The summed E-state index contributed by atoms with van der Waals surface area (Å²) in [7, 11) is 0. The van der Waals surface area contributed by atoms with Crippen molar-refractivity contribution in [2.45, 2.75) is 19.3 Å². The molecule has 0 aliphatic heterocycles. The number of carbonyl (C=O) groups excluding carboxylic acids is 1. The maximum Gasteiger partial charge on any atom is 0.416 e. The van der Waals surface area contributed by atoms with Crippen LogP contribution in [0.4, 0.5) is 19.1 Å². The van der Waals surface area contributed by atoms with E-state index in [2.05, 4.69) is 15.3 Å². The Kier molecular flexibility index (Phi) is 5.27. The zero-order valence-corrected chi connectivity index (χ0v) is 17.8. The molecule has 0 spiro atoms. The van der Waals surface area contributed by atoms with E-state index in [0.29, 0.717) is 11.3 Å². The third-order valence-corrected chi connectivity index (χ3v) is 5.43. The van der Waals surface area contributed by atoms with Crippen molar-refractivity contribution in [3.8, 4) is 0 Å². The first kappa shape index (κ1) is 22.2. The van der Waals surface area contributed by atoms with Gasteiger partial charge in [0.2, 0.25) is 11.9 Å². The van der Waals surface area contributed by atoms with Gasteiger partial charge in [-0.05, 0) is 42.5 Å². The van der Waals surface area contributed by atoms with E-state index >= 15 is 0 Å². The molecule has 0 fully saturated rings. The number of nitrogens with one attached hydrogen (secondary N) is 2. The number of hydrogen-bond acceptors (Lipinski definition) is 5. The van der Waals surface area contributed by atoms with E-state index in [4.69, 9.17) is 4.42 Å². The number of halogens is 3. The Balaban J connectivity index is 1.53. The summed E-state index contributed by atoms with van der Waals surface area (Å²) in [6, 6.07) is 12.7. The molecule has 3 aromatic heterocycles. The summed E-state index contributed by atoms with van der Waals surface area (Å²) < 4.78 is 47.5. The number of nitrogens with zero attached hydrogens (tertiary/aromatic N) is 3. The molecule has 0 unspecified atom stereocenters. The molecule has 12 heteroatoms. The molecule has 178 valence electrons. The third-order valence-electron chi connectivity index (χ3n) is 5.43. The van der Waals surface area contributed by atoms with Crippen molar-refractivity contribution >= 4 is 33.8 Å². The second-order valence-corrected chi connectivity index (χ2v) is 7.71. The van der Waals surface area contributed by atoms with Crippen LogP contribution in [-0.4, -0.2) is 25.0 Å². The van der Waals surface area contributed by atoms with Crippen LogP contribution in [-0.2, 0) is 24.1 Å². The summed E-state index contributed by atoms with van der Waals surface area (Å²) in [6.45, 7) is -0.375. The summed E-state index contributed by atoms with van der Waals surface area (Å²) in [5.41, 5.74) is -1.61. The zero-order valence-electron chi connectivity index (χ0n) is 17.8. The smallest absolute Gasteiger partial charge is 0.416 e. The summed E-state index contributed by atoms with van der Waals surface area (Å²) in [5, 5.41) is 2.79. The predicted molar refractivity (Wildman–Crippen MR) is 120 cm³/mol. The molecule has 0 radical (unpaired) electrons. The molecule has 0 saturated carbocycles. The second-order valence-electron chi connectivity index (χ2n) is 7.71. The molecule has 5 rings (SSSR count). The van der Waals surface area contributed by atoms with Crippen LogP contribution >= 0.6 is 0 Å². The van der Waals surface area contributed by atoms with E-state index in [1.165, 1.54) is 29.0 Å². The number of anilines is 1. The van der Waals surface area contributed by atoms with Crippen molar-refractivity contribution < 1.29 is 22.4 Å². The Morgan fingerprint density at radius 3 is 2.57 bits per heavy atom. The van der Waals surface area contributed by atoms with Gasteiger partial charge >= 0.3 is 11.9 Å². The minimum absolute atomic E-state index is 0.0216. The monoisotopic (exact) mass is 483 g/mol. The van der Waals surface area contributed by atoms with E-state index in [1.54, 1.807) is 24.3 Å². The van der Waals surface area contributed by atoms with Crippen molar-refractivity contribution in [3.63, 3.8) is 0 Å². The Labute approximate surface area is 193 Å². The van der Waals surface area contributed by atoms with Gasteiger partial charge < -0.3 is 8.98 Å². The number of amides is 1. The number of carbonyl (C=O) groups is 1. The van der Waals surface area contributed by atoms with E-state index in [-0.39, 0.29) is 28.9 Å². The number of imidazole rings is 1. The van der Waals surface area contributed by atoms with Gasteiger partial charge in [0.15, 0.2) is 0 Å². The largest absolute Gasteiger partial charge is 0.467 e. The normalized spacial score (nSPS) is 11.9. The Morgan fingerprint density at radius 2 is 1.83 bits per heavy atom. The van der Waals surface area contributed by atoms with Crippen LogP contribution < -0.4 is 16.6 Å². The first-order valence-corrected chi connectivity index (χ1v) is 10.3. The van der Waals surface area contributed by atoms with Gasteiger partial charge in [0, 0.05) is 0 Å². The highest BCUT2D eigenvalue weighted by Crippen LogP contribution is 2.32. The van der Waals surface area contributed by atoms with E-state index in [0.717, 1.165) is 16.7 Å². The van der Waals surface area contributed by atoms with Gasteiger partial charge in [0.05, 0.1) is 40.3 Å². The molecule has 2 N–H and O–H groups in total. The molecule has 0 aliphatic carbocycles. The molecule has 0 atom stereocenters. The van der Waals surface area contributed by atoms with Gasteiger partial charge in [0.25, 0.3) is 5.56 Å². The molecule has 9 nitrogen and oxygen atoms in total. The molecule has 5 aromatic rings. The van der Waals surface area contributed by atoms with Gasteiger partial charge in [-0.1, -0.05) is 12.1 Å². The number of furan rings is 1. The van der Waals surface area contributed by atoms with Gasteiger partial charge in [-0.2, -0.15) is 13.2 Å². The molecular weight excluding hydrogens is 467 g/mol. The SMILES string of the molecule is O=C(Cn1c(=O)[nH]c(=O)c2ccccc21)Nc1nc2cc(C(F)(F)F)ccc2n1Cc1ccco1. The summed E-state index contributed by atoms with van der Waals surface area (Å²) in [4.78, 5) is 43.7. The van der Waals surface area contributed by atoms with Gasteiger partial charge in [0.1, 0.15) is 12.3 Å². The zero-order chi connectivity index (χ0) is 24.7. The maximum absolute atomic E-state index is 13.2. The number of benzene rings is 2. The number of aromatic nitrogens is 4. The molecule has 1 amide bonds. The van der Waals surface area contributed by atoms with Crippen molar-refractivity contribution in [1.29, 1.82) is 0 Å². The number of rotatable bonds is 5. The van der Waals surface area contributed by atoms with E-state index < -0.39 is 35.4 Å². The number of para-hydroxylation sites is 1. The Hall–Kier alpha value is -4.61. The molecule has 2 aromatic carbocycles. The molecule has 0 aliphatic rings. The van der Waals surface area contributed by atoms with Crippen molar-refractivity contribution in [2.75, 3.05) is 5.32 Å². The molecule has 0 saturated heterocycles. The van der Waals surface area contributed by atoms with Crippen molar-refractivity contribution in [3.05, 3.63) is 93.0 Å². The fourth-order valence-corrected chi connectivity index (χ4v) is 3.83. The van der Waals surface area contributed by atoms with Crippen molar-refractivity contribution in [2.24, 2.45) is 0 Å². The summed E-state index contributed by atoms with van der Waals surface area (Å²) in [5.74, 6) is -0.207. The standard InChI is InChI=1S/C23H16F3N5O4/c24-23(25,26)13-7-8-18-16(10-13)27-21(30(18)11-14-4-3-9-35-14)28-19(32)12-31-17-6-2-1-5-15(17)20(33)29-22(31)34/h1-10H,11-12H2,(H,27,28,32)(H,29,33,34). The second kappa shape index (κ2) is 8.31. The van der Waals surface area contributed by atoms with Crippen LogP contribution in [0.25, 0.3) is 21.9 Å². The van der Waals surface area contributed by atoms with E-state index in [9.17, 15) is 27.6 Å². The van der Waals surface area contributed by atoms with Gasteiger partial charge in [-0.3, -0.25) is 24.5 Å². The number of alkyl halides is 3. The highest BCUT2D eigenvalue weighted by molar-refractivity contribution is 5.92. The lowest BCUT2D eigenvalue weighted by Gasteiger charge is -2.11. The highest BCUT2D eigenvalue weighted by Gasteiger charge is 2.31. The quantitative estimate of drug-likeness (QED) is 0.398. The average molecular weight is 483 g/mol. The van der Waals surface area contributed by atoms with Crippen molar-refractivity contribution in [1.82, 2.24) is 19.1 Å². The van der Waals surface area contributed by atoms with Crippen LogP contribution in [0, 0.1) is 0 Å². The molecule has 3 heterocycles. The van der Waals surface area contributed by atoms with Crippen LogP contribution in [0.1, 0.15) is 11.3 Å². The summed E-state index contributed by atoms with van der Waals surface area (Å²) >= 11 is 0. The Morgan fingerprint density at radius 1 is 1.03 bits per heavy atom. The highest BCUT2D eigenvalue weighted by atomic mass is 19.4. The van der Waals surface area contributed by atoms with Crippen LogP contribution in [0.2, 0.25) is 0 Å². The van der Waals surface area contributed by atoms with Crippen LogP contribution in [0.15, 0.2) is 74.9 Å². The van der Waals surface area contributed by atoms with Crippen LogP contribution in [0.3, 0.4) is 0 Å². The number of H-pyrrole nitrogens is 1. The molecule has 0 bridgehead atoms. The van der Waals surface area contributed by atoms with Gasteiger partial charge in [-0.15, -0.1) is 0 Å². The van der Waals surface area contributed by atoms with Gasteiger partial charge in [-0.25, -0.2) is 9.78 Å². The molecule has 35 heavy (non-hydrogen) atoms. The topological polar surface area (TPSA) is 115 Å². The lowest BCUT2D eigenvalue weighted by Crippen LogP contribution is -2.34. The third kappa shape index (κ3) is 4.21. The first-order valence-electron chi connectivity index (χ1n) is 10.3. The maximum atomic E-state index is 13.2. The fourth-order valence-electron chi connectivity index (χ4n) is 3.83. The predicted octanol–water partition coefficient (Wildman–Crippen LogP) is 3.34. The number of aromatic amines is 1. The minimum atomic E-state index is -4.56.